The molecule has 0 spiro atoms. The number of amides is 2. The fourth-order valence-electron chi connectivity index (χ4n) is 2.97. The summed E-state index contributed by atoms with van der Waals surface area (Å²) in [5.74, 6) is -0.203. The van der Waals surface area contributed by atoms with Crippen LogP contribution in [0.5, 0.6) is 0 Å². The summed E-state index contributed by atoms with van der Waals surface area (Å²) in [5, 5.41) is 3.14. The quantitative estimate of drug-likeness (QED) is 0.773. The molecule has 1 N–H and O–H groups in total. The van der Waals surface area contributed by atoms with Gasteiger partial charge in [0.15, 0.2) is 5.17 Å². The maximum absolute atomic E-state index is 12.8. The second-order valence-electron chi connectivity index (χ2n) is 6.89. The highest BCUT2D eigenvalue weighted by Gasteiger charge is 2.38. The van der Waals surface area contributed by atoms with Gasteiger partial charge in [-0.05, 0) is 44.0 Å². The highest BCUT2D eigenvalue weighted by Crippen LogP contribution is 2.32. The number of nitrogens with zero attached hydrogens (tertiary/aromatic N) is 2. The normalized spacial score (nSPS) is 18.0. The number of aryl methyl sites for hydroxylation is 2. The van der Waals surface area contributed by atoms with Crippen molar-refractivity contribution in [3.05, 3.63) is 59.7 Å². The third kappa shape index (κ3) is 4.81. The molecule has 1 heterocycles. The molecule has 1 atom stereocenters. The predicted octanol–water partition coefficient (Wildman–Crippen LogP) is 4.67. The van der Waals surface area contributed by atoms with Gasteiger partial charge < -0.3 is 5.32 Å². The van der Waals surface area contributed by atoms with E-state index in [9.17, 15) is 9.59 Å². The Hall–Kier alpha value is -2.60. The maximum atomic E-state index is 12.8. The smallest absolute Gasteiger partial charge is 0.242 e. The lowest BCUT2D eigenvalue weighted by Gasteiger charge is -2.15. The molecule has 5 nitrogen and oxygen atoms in total. The molecule has 0 aliphatic carbocycles. The molecule has 2 aromatic carbocycles. The van der Waals surface area contributed by atoms with Crippen molar-refractivity contribution < 1.29 is 9.59 Å². The van der Waals surface area contributed by atoms with Crippen LogP contribution in [0.1, 0.15) is 30.9 Å². The number of amidine groups is 1. The van der Waals surface area contributed by atoms with Crippen molar-refractivity contribution in [1.29, 1.82) is 0 Å². The fourth-order valence-corrected chi connectivity index (χ4v) is 4.15. The molecule has 1 aliphatic rings. The van der Waals surface area contributed by atoms with Crippen molar-refractivity contribution in [2.24, 2.45) is 4.99 Å². The molecule has 1 fully saturated rings. The van der Waals surface area contributed by atoms with E-state index in [4.69, 9.17) is 0 Å². The van der Waals surface area contributed by atoms with Crippen LogP contribution < -0.4 is 5.32 Å². The summed E-state index contributed by atoms with van der Waals surface area (Å²) in [7, 11) is 0. The van der Waals surface area contributed by atoms with Crippen molar-refractivity contribution in [1.82, 2.24) is 4.90 Å². The van der Waals surface area contributed by atoms with Gasteiger partial charge in [0.1, 0.15) is 5.25 Å². The zero-order valence-corrected chi connectivity index (χ0v) is 17.3. The average molecular weight is 396 g/mol. The molecular weight excluding hydrogens is 370 g/mol. The number of para-hydroxylation sites is 1. The maximum Gasteiger partial charge on any atom is 0.242 e. The number of carbonyl (C=O) groups is 2. The van der Waals surface area contributed by atoms with Crippen LogP contribution >= 0.6 is 11.8 Å². The van der Waals surface area contributed by atoms with E-state index in [1.54, 1.807) is 4.90 Å². The number of carbonyl (C=O) groups excluding carboxylic acids is 2. The number of hydrogen-bond donors (Lipinski definition) is 1. The summed E-state index contributed by atoms with van der Waals surface area (Å²) in [6.07, 6.45) is 0.965. The lowest BCUT2D eigenvalue weighted by molar-refractivity contribution is -0.128. The number of hydrogen-bond acceptors (Lipinski definition) is 4. The van der Waals surface area contributed by atoms with Gasteiger partial charge in [-0.3, -0.25) is 14.5 Å². The van der Waals surface area contributed by atoms with Crippen LogP contribution in [-0.2, 0) is 9.59 Å². The first kappa shape index (κ1) is 20.1. The molecular formula is C22H25N3O2S. The first-order valence-electron chi connectivity index (χ1n) is 9.47. The molecule has 0 bridgehead atoms. The Kier molecular flexibility index (Phi) is 6.52. The number of thioether (sulfide) groups is 1. The summed E-state index contributed by atoms with van der Waals surface area (Å²) in [6.45, 7) is 6.60. The SMILES string of the molecule is CCCN1C(=O)[C@H](CC(=O)Nc2ccccc2C)SC1=Nc1ccc(C)cc1. The zero-order chi connectivity index (χ0) is 20.1. The van der Waals surface area contributed by atoms with Gasteiger partial charge in [-0.25, -0.2) is 4.99 Å². The van der Waals surface area contributed by atoms with E-state index in [1.165, 1.54) is 11.8 Å². The van der Waals surface area contributed by atoms with E-state index in [0.717, 1.165) is 28.9 Å². The van der Waals surface area contributed by atoms with Gasteiger partial charge in [0.05, 0.1) is 5.69 Å². The first-order valence-corrected chi connectivity index (χ1v) is 10.3. The van der Waals surface area contributed by atoms with Crippen molar-refractivity contribution in [2.75, 3.05) is 11.9 Å². The van der Waals surface area contributed by atoms with Crippen LogP contribution in [0.15, 0.2) is 53.5 Å². The van der Waals surface area contributed by atoms with E-state index in [2.05, 4.69) is 10.3 Å². The van der Waals surface area contributed by atoms with Gasteiger partial charge in [0.25, 0.3) is 0 Å². The number of anilines is 1. The number of rotatable bonds is 6. The van der Waals surface area contributed by atoms with Crippen molar-refractivity contribution in [3.63, 3.8) is 0 Å². The second kappa shape index (κ2) is 9.06. The second-order valence-corrected chi connectivity index (χ2v) is 8.06. The Morgan fingerprint density at radius 3 is 2.54 bits per heavy atom. The van der Waals surface area contributed by atoms with Crippen molar-refractivity contribution >= 4 is 40.1 Å². The molecule has 0 saturated carbocycles. The van der Waals surface area contributed by atoms with Gasteiger partial charge in [0.2, 0.25) is 11.8 Å². The molecule has 2 aromatic rings. The molecule has 2 amide bonds. The lowest BCUT2D eigenvalue weighted by atomic mass is 10.2. The van der Waals surface area contributed by atoms with E-state index in [-0.39, 0.29) is 18.2 Å². The third-order valence-corrected chi connectivity index (χ3v) is 5.69. The van der Waals surface area contributed by atoms with Crippen molar-refractivity contribution in [3.8, 4) is 0 Å². The summed E-state index contributed by atoms with van der Waals surface area (Å²) < 4.78 is 0. The predicted molar refractivity (Wildman–Crippen MR) is 116 cm³/mol. The molecule has 0 unspecified atom stereocenters. The van der Waals surface area contributed by atoms with E-state index in [0.29, 0.717) is 11.7 Å². The van der Waals surface area contributed by atoms with Gasteiger partial charge in [-0.1, -0.05) is 54.6 Å². The lowest BCUT2D eigenvalue weighted by Crippen LogP contribution is -2.34. The Balaban J connectivity index is 1.73. The van der Waals surface area contributed by atoms with E-state index in [1.807, 2.05) is 69.3 Å². The van der Waals surface area contributed by atoms with Gasteiger partial charge in [-0.2, -0.15) is 0 Å². The topological polar surface area (TPSA) is 61.8 Å². The van der Waals surface area contributed by atoms with Gasteiger partial charge in [0, 0.05) is 18.7 Å². The Morgan fingerprint density at radius 2 is 1.86 bits per heavy atom. The van der Waals surface area contributed by atoms with Crippen LogP contribution in [0.4, 0.5) is 11.4 Å². The molecule has 1 aliphatic heterocycles. The molecule has 28 heavy (non-hydrogen) atoms. The average Bonchev–Trinajstić information content (AvgIpc) is 2.94. The highest BCUT2D eigenvalue weighted by atomic mass is 32.2. The number of nitrogens with one attached hydrogen (secondary N) is 1. The number of benzene rings is 2. The molecule has 1 saturated heterocycles. The van der Waals surface area contributed by atoms with Crippen LogP contribution in [0.25, 0.3) is 0 Å². The molecule has 6 heteroatoms. The summed E-state index contributed by atoms with van der Waals surface area (Å²) in [5.41, 5.74) is 3.75. The summed E-state index contributed by atoms with van der Waals surface area (Å²) in [6, 6.07) is 15.5. The van der Waals surface area contributed by atoms with E-state index < -0.39 is 5.25 Å². The minimum atomic E-state index is -0.445. The zero-order valence-electron chi connectivity index (χ0n) is 16.4. The molecule has 3 rings (SSSR count). The van der Waals surface area contributed by atoms with Gasteiger partial charge >= 0.3 is 0 Å². The monoisotopic (exact) mass is 395 g/mol. The standard InChI is InChI=1S/C22H25N3O2S/c1-4-13-25-21(27)19(14-20(26)24-18-8-6-5-7-16(18)3)28-22(25)23-17-11-9-15(2)10-12-17/h5-12,19H,4,13-14H2,1-3H3,(H,24,26)/t19-/m0/s1. The Morgan fingerprint density at radius 1 is 1.14 bits per heavy atom. The van der Waals surface area contributed by atoms with Crippen LogP contribution in [-0.4, -0.2) is 33.7 Å². The highest BCUT2D eigenvalue weighted by molar-refractivity contribution is 8.15. The fraction of sp³-hybridized carbons (Fsp3) is 0.318. The minimum absolute atomic E-state index is 0.0438. The van der Waals surface area contributed by atoms with Crippen LogP contribution in [0.2, 0.25) is 0 Å². The molecule has 0 aromatic heterocycles. The van der Waals surface area contributed by atoms with Crippen LogP contribution in [0.3, 0.4) is 0 Å². The summed E-state index contributed by atoms with van der Waals surface area (Å²) >= 11 is 1.37. The Bertz CT molecular complexity index is 893. The molecule has 0 radical (unpaired) electrons. The largest absolute Gasteiger partial charge is 0.326 e. The number of aliphatic imine (C=N–C) groups is 1. The van der Waals surface area contributed by atoms with Crippen LogP contribution in [0, 0.1) is 13.8 Å². The Labute approximate surface area is 170 Å². The van der Waals surface area contributed by atoms with Gasteiger partial charge in [-0.15, -0.1) is 0 Å². The van der Waals surface area contributed by atoms with Crippen molar-refractivity contribution in [2.45, 2.75) is 38.9 Å². The third-order valence-electron chi connectivity index (χ3n) is 4.52. The molecule has 146 valence electrons. The van der Waals surface area contributed by atoms with E-state index >= 15 is 0 Å². The minimum Gasteiger partial charge on any atom is -0.326 e. The summed E-state index contributed by atoms with van der Waals surface area (Å²) in [4.78, 5) is 31.7. The first-order chi connectivity index (χ1) is 13.5.